The minimum Gasteiger partial charge on any atom is -0.379 e. The molecule has 18 heavy (non-hydrogen) atoms. The molecule has 0 amide bonds. The number of rotatable bonds is 6. The molecule has 98 valence electrons. The molecule has 0 aromatic carbocycles. The van der Waals surface area contributed by atoms with Crippen molar-refractivity contribution in [2.75, 3.05) is 0 Å². The van der Waals surface area contributed by atoms with Crippen LogP contribution in [0.4, 0.5) is 4.48 Å². The molecule has 7 heteroatoms. The fourth-order valence-electron chi connectivity index (χ4n) is 1.13. The molecule has 0 aliphatic carbocycles. The van der Waals surface area contributed by atoms with Crippen LogP contribution in [0.15, 0.2) is 35.4 Å². The molecular formula is C11H14ClFN4O. The molecule has 5 nitrogen and oxygen atoms in total. The van der Waals surface area contributed by atoms with Crippen molar-refractivity contribution in [1.82, 2.24) is 10.3 Å². The Morgan fingerprint density at radius 3 is 2.94 bits per heavy atom. The maximum atomic E-state index is 13.6. The highest BCUT2D eigenvalue weighted by Crippen LogP contribution is 2.17. The van der Waals surface area contributed by atoms with Crippen LogP contribution in [-0.2, 0) is 0 Å². The summed E-state index contributed by atoms with van der Waals surface area (Å²) in [6, 6.07) is 3.10. The van der Waals surface area contributed by atoms with Gasteiger partial charge in [0.05, 0.1) is 11.9 Å². The average Bonchev–Trinajstić information content (AvgIpc) is 2.38. The number of aromatic nitrogens is 1. The summed E-state index contributed by atoms with van der Waals surface area (Å²) in [4.78, 5) is 8.52. The Bertz CT molecular complexity index is 438. The highest BCUT2D eigenvalue weighted by atomic mass is 35.5. The molecule has 1 aromatic rings. The van der Waals surface area contributed by atoms with Gasteiger partial charge in [0.2, 0.25) is 0 Å². The molecule has 0 spiro atoms. The van der Waals surface area contributed by atoms with E-state index < -0.39 is 5.82 Å². The van der Waals surface area contributed by atoms with Crippen LogP contribution in [-0.4, -0.2) is 16.0 Å². The normalized spacial score (nSPS) is 11.7. The Hall–Kier alpha value is -1.82. The molecule has 0 bridgehead atoms. The van der Waals surface area contributed by atoms with Gasteiger partial charge in [0, 0.05) is 6.20 Å². The molecule has 0 aliphatic rings. The van der Waals surface area contributed by atoms with E-state index in [2.05, 4.69) is 4.98 Å². The predicted octanol–water partition coefficient (Wildman–Crippen LogP) is 2.75. The van der Waals surface area contributed by atoms with Crippen molar-refractivity contribution < 1.29 is 9.32 Å². The number of hydrogen-bond donors (Lipinski definition) is 2. The summed E-state index contributed by atoms with van der Waals surface area (Å²) < 4.78 is 13.6. The number of hydroxylamine groups is 1. The summed E-state index contributed by atoms with van der Waals surface area (Å²) in [6.45, 7) is 1.88. The fourth-order valence-corrected chi connectivity index (χ4v) is 1.30. The summed E-state index contributed by atoms with van der Waals surface area (Å²) in [5, 5.41) is 7.23. The standard InChI is InChI=1S/C11H14ClFN4O/c1-2-4-9(14)10(12)11(15)17(13)18-8-5-3-6-16-7-8/h3,5-7,14H,2,4,15H2,1H3/b11-10-,14-9?. The zero-order valence-corrected chi connectivity index (χ0v) is 10.6. The van der Waals surface area contributed by atoms with Gasteiger partial charge in [0.1, 0.15) is 5.03 Å². The van der Waals surface area contributed by atoms with Gasteiger partial charge >= 0.3 is 0 Å². The smallest absolute Gasteiger partial charge is 0.192 e. The SMILES string of the molecule is CCCC(=N)/C(Cl)=C(\N)N(F)Oc1cccnc1. The molecule has 0 atom stereocenters. The van der Waals surface area contributed by atoms with Crippen molar-refractivity contribution in [3.8, 4) is 5.75 Å². The molecule has 0 unspecified atom stereocenters. The third-order valence-corrected chi connectivity index (χ3v) is 2.42. The van der Waals surface area contributed by atoms with Crippen molar-refractivity contribution in [2.24, 2.45) is 5.73 Å². The van der Waals surface area contributed by atoms with Gasteiger partial charge in [0.25, 0.3) is 0 Å². The first-order chi connectivity index (χ1) is 8.56. The van der Waals surface area contributed by atoms with E-state index in [-0.39, 0.29) is 21.8 Å². The van der Waals surface area contributed by atoms with E-state index in [9.17, 15) is 4.48 Å². The predicted molar refractivity (Wildman–Crippen MR) is 67.5 cm³/mol. The minimum atomic E-state index is -0.459. The number of nitrogens with one attached hydrogen (secondary N) is 1. The largest absolute Gasteiger partial charge is 0.379 e. The van der Waals surface area contributed by atoms with Crippen LogP contribution in [0, 0.1) is 5.41 Å². The van der Waals surface area contributed by atoms with Crippen molar-refractivity contribution in [3.05, 3.63) is 35.4 Å². The Labute approximate surface area is 109 Å². The second-order valence-corrected chi connectivity index (χ2v) is 3.83. The van der Waals surface area contributed by atoms with E-state index in [1.165, 1.54) is 18.5 Å². The maximum absolute atomic E-state index is 13.6. The molecule has 0 radical (unpaired) electrons. The number of nitrogens with zero attached hydrogens (tertiary/aromatic N) is 2. The monoisotopic (exact) mass is 272 g/mol. The van der Waals surface area contributed by atoms with Crippen molar-refractivity contribution >= 4 is 17.3 Å². The average molecular weight is 273 g/mol. The molecule has 0 fully saturated rings. The first kappa shape index (κ1) is 14.2. The van der Waals surface area contributed by atoms with Gasteiger partial charge in [0.15, 0.2) is 11.6 Å². The second-order valence-electron chi connectivity index (χ2n) is 3.45. The number of pyridine rings is 1. The maximum Gasteiger partial charge on any atom is 0.192 e. The van der Waals surface area contributed by atoms with Crippen LogP contribution in [0.3, 0.4) is 0 Å². The van der Waals surface area contributed by atoms with Crippen molar-refractivity contribution in [3.63, 3.8) is 0 Å². The van der Waals surface area contributed by atoms with Crippen molar-refractivity contribution in [1.29, 1.82) is 5.41 Å². The Kier molecular flexibility index (Phi) is 5.38. The van der Waals surface area contributed by atoms with Crippen LogP contribution in [0.1, 0.15) is 19.8 Å². The van der Waals surface area contributed by atoms with E-state index in [4.69, 9.17) is 27.6 Å². The van der Waals surface area contributed by atoms with Gasteiger partial charge in [-0.1, -0.05) is 29.4 Å². The molecule has 3 N–H and O–H groups in total. The van der Waals surface area contributed by atoms with Gasteiger partial charge in [-0.25, -0.2) is 0 Å². The lowest BCUT2D eigenvalue weighted by Crippen LogP contribution is -2.25. The molecule has 0 saturated heterocycles. The Morgan fingerprint density at radius 1 is 1.67 bits per heavy atom. The highest BCUT2D eigenvalue weighted by Gasteiger charge is 2.15. The fraction of sp³-hybridized carbons (Fsp3) is 0.273. The lowest BCUT2D eigenvalue weighted by molar-refractivity contribution is -0.178. The highest BCUT2D eigenvalue weighted by molar-refractivity contribution is 6.43. The first-order valence-electron chi connectivity index (χ1n) is 5.33. The summed E-state index contributed by atoms with van der Waals surface area (Å²) in [6.07, 6.45) is 3.99. The van der Waals surface area contributed by atoms with Crippen LogP contribution in [0.25, 0.3) is 0 Å². The van der Waals surface area contributed by atoms with Crippen LogP contribution >= 0.6 is 11.6 Å². The van der Waals surface area contributed by atoms with E-state index in [0.717, 1.165) is 6.42 Å². The van der Waals surface area contributed by atoms with Gasteiger partial charge in [-0.2, -0.15) is 0 Å². The Balaban J connectivity index is 2.74. The molecule has 0 aliphatic heterocycles. The summed E-state index contributed by atoms with van der Waals surface area (Å²) >= 11 is 5.77. The number of hydrogen-bond acceptors (Lipinski definition) is 5. The van der Waals surface area contributed by atoms with Crippen LogP contribution in [0.2, 0.25) is 0 Å². The Morgan fingerprint density at radius 2 is 2.39 bits per heavy atom. The first-order valence-corrected chi connectivity index (χ1v) is 5.71. The minimum absolute atomic E-state index is 0.0640. The number of halogens is 2. The summed E-state index contributed by atoms with van der Waals surface area (Å²) in [5.74, 6) is -0.284. The topological polar surface area (TPSA) is 75.2 Å². The van der Waals surface area contributed by atoms with Crippen LogP contribution < -0.4 is 10.6 Å². The third kappa shape index (κ3) is 3.89. The van der Waals surface area contributed by atoms with E-state index in [1.807, 2.05) is 6.92 Å². The van der Waals surface area contributed by atoms with Gasteiger partial charge in [-0.3, -0.25) is 4.98 Å². The van der Waals surface area contributed by atoms with Gasteiger partial charge in [-0.15, -0.1) is 0 Å². The number of nitrogens with two attached hydrogens (primary N) is 1. The zero-order valence-electron chi connectivity index (χ0n) is 9.86. The molecule has 1 aromatic heterocycles. The molecular weight excluding hydrogens is 259 g/mol. The van der Waals surface area contributed by atoms with Crippen LogP contribution in [0.5, 0.6) is 5.75 Å². The molecule has 1 heterocycles. The third-order valence-electron chi connectivity index (χ3n) is 2.00. The number of allylic oxidation sites excluding steroid dienone is 1. The molecule has 0 saturated carbocycles. The summed E-state index contributed by atoms with van der Waals surface area (Å²) in [7, 11) is 0. The lowest BCUT2D eigenvalue weighted by atomic mass is 10.2. The quantitative estimate of drug-likeness (QED) is 0.474. The van der Waals surface area contributed by atoms with Gasteiger partial charge < -0.3 is 16.0 Å². The summed E-state index contributed by atoms with van der Waals surface area (Å²) in [5.41, 5.74) is 5.52. The molecule has 1 rings (SSSR count). The van der Waals surface area contributed by atoms with E-state index in [0.29, 0.717) is 6.42 Å². The van der Waals surface area contributed by atoms with E-state index >= 15 is 0 Å². The second kappa shape index (κ2) is 6.80. The van der Waals surface area contributed by atoms with Gasteiger partial charge in [-0.05, 0) is 23.8 Å². The lowest BCUT2D eigenvalue weighted by Gasteiger charge is -2.15. The van der Waals surface area contributed by atoms with E-state index in [1.54, 1.807) is 6.07 Å². The zero-order chi connectivity index (χ0) is 13.5. The van der Waals surface area contributed by atoms with Crippen molar-refractivity contribution in [2.45, 2.75) is 19.8 Å².